The number of aryl methyl sites for hydroxylation is 2. The van der Waals surface area contributed by atoms with Crippen molar-refractivity contribution in [1.82, 2.24) is 0 Å². The van der Waals surface area contributed by atoms with E-state index >= 15 is 0 Å². The molecule has 0 fully saturated rings. The zero-order valence-electron chi connectivity index (χ0n) is 12.1. The number of carboxylic acid groups (broad SMARTS) is 1. The quantitative estimate of drug-likeness (QED) is 0.919. The zero-order valence-corrected chi connectivity index (χ0v) is 12.1. The molecule has 4 nitrogen and oxygen atoms in total. The minimum atomic E-state index is -0.847. The lowest BCUT2D eigenvalue weighted by atomic mass is 9.96. The monoisotopic (exact) mass is 275 g/mol. The molecule has 1 heterocycles. The molecule has 1 aromatic carbocycles. The van der Waals surface area contributed by atoms with Crippen molar-refractivity contribution in [1.29, 1.82) is 0 Å². The smallest absolute Gasteiger partial charge is 0.303 e. The maximum absolute atomic E-state index is 12.4. The number of carbonyl (C=O) groups excluding carboxylic acids is 1. The van der Waals surface area contributed by atoms with Crippen LogP contribution < -0.4 is 4.90 Å². The maximum Gasteiger partial charge on any atom is 0.303 e. The summed E-state index contributed by atoms with van der Waals surface area (Å²) in [4.78, 5) is 25.0. The molecule has 1 atom stereocenters. The van der Waals surface area contributed by atoms with E-state index in [-0.39, 0.29) is 18.2 Å². The summed E-state index contributed by atoms with van der Waals surface area (Å²) in [6.07, 6.45) is 2.31. The van der Waals surface area contributed by atoms with Gasteiger partial charge in [-0.15, -0.1) is 0 Å². The predicted octanol–water partition coefficient (Wildman–Crippen LogP) is 2.78. The molecule has 20 heavy (non-hydrogen) atoms. The molecule has 1 unspecified atom stereocenters. The normalized spacial score (nSPS) is 15.6. The van der Waals surface area contributed by atoms with Crippen LogP contribution in [0, 0.1) is 12.8 Å². The van der Waals surface area contributed by atoms with Crippen LogP contribution in [0.5, 0.6) is 0 Å². The van der Waals surface area contributed by atoms with Crippen molar-refractivity contribution >= 4 is 17.6 Å². The summed E-state index contributed by atoms with van der Waals surface area (Å²) in [7, 11) is 0. The number of para-hydroxylation sites is 1. The average Bonchev–Trinajstić information content (AvgIpc) is 2.37. The molecule has 108 valence electrons. The fourth-order valence-electron chi connectivity index (χ4n) is 2.88. The third-order valence-corrected chi connectivity index (χ3v) is 3.77. The van der Waals surface area contributed by atoms with Crippen molar-refractivity contribution in [3.8, 4) is 0 Å². The van der Waals surface area contributed by atoms with E-state index in [9.17, 15) is 9.59 Å². The average molecular weight is 275 g/mol. The number of nitrogens with zero attached hydrogens (tertiary/aromatic N) is 1. The van der Waals surface area contributed by atoms with Gasteiger partial charge in [0, 0.05) is 25.1 Å². The summed E-state index contributed by atoms with van der Waals surface area (Å²) in [5.74, 6) is -0.941. The first-order valence-electron chi connectivity index (χ1n) is 7.09. The summed E-state index contributed by atoms with van der Waals surface area (Å²) in [6, 6.07) is 6.11. The molecule has 0 spiro atoms. The third kappa shape index (κ3) is 3.18. The fraction of sp³-hybridized carbons (Fsp3) is 0.500. The van der Waals surface area contributed by atoms with Crippen LogP contribution in [0.1, 0.15) is 37.3 Å². The Morgan fingerprint density at radius 1 is 1.35 bits per heavy atom. The number of aliphatic carboxylic acids is 1. The number of hydrogen-bond donors (Lipinski definition) is 1. The van der Waals surface area contributed by atoms with Gasteiger partial charge in [0.05, 0.1) is 0 Å². The number of benzene rings is 1. The molecule has 1 aliphatic rings. The topological polar surface area (TPSA) is 57.6 Å². The summed E-state index contributed by atoms with van der Waals surface area (Å²) >= 11 is 0. The van der Waals surface area contributed by atoms with Gasteiger partial charge < -0.3 is 10.0 Å². The number of rotatable bonds is 4. The summed E-state index contributed by atoms with van der Waals surface area (Å²) in [5, 5.41) is 8.78. The minimum absolute atomic E-state index is 0.0361. The van der Waals surface area contributed by atoms with Gasteiger partial charge in [-0.1, -0.05) is 25.1 Å². The van der Waals surface area contributed by atoms with Crippen LogP contribution in [0.4, 0.5) is 5.69 Å². The molecule has 0 radical (unpaired) electrons. The highest BCUT2D eigenvalue weighted by atomic mass is 16.4. The minimum Gasteiger partial charge on any atom is -0.481 e. The lowest BCUT2D eigenvalue weighted by molar-refractivity contribution is -0.138. The van der Waals surface area contributed by atoms with Gasteiger partial charge in [-0.2, -0.15) is 0 Å². The highest BCUT2D eigenvalue weighted by Gasteiger charge is 2.25. The highest BCUT2D eigenvalue weighted by molar-refractivity contribution is 5.95. The van der Waals surface area contributed by atoms with E-state index in [2.05, 4.69) is 6.07 Å². The van der Waals surface area contributed by atoms with Crippen molar-refractivity contribution in [2.24, 2.45) is 5.92 Å². The fourth-order valence-corrected chi connectivity index (χ4v) is 2.88. The molecular weight excluding hydrogens is 254 g/mol. The number of anilines is 1. The molecular formula is C16H21NO3. The van der Waals surface area contributed by atoms with Gasteiger partial charge in [0.15, 0.2) is 0 Å². The van der Waals surface area contributed by atoms with Crippen LogP contribution in [0.3, 0.4) is 0 Å². The van der Waals surface area contributed by atoms with Crippen LogP contribution in [0.2, 0.25) is 0 Å². The second-order valence-electron chi connectivity index (χ2n) is 5.64. The van der Waals surface area contributed by atoms with Crippen LogP contribution in [0.25, 0.3) is 0 Å². The molecule has 0 saturated heterocycles. The van der Waals surface area contributed by atoms with E-state index in [1.165, 1.54) is 5.56 Å². The molecule has 1 aliphatic heterocycles. The molecule has 1 N–H and O–H groups in total. The number of hydrogen-bond acceptors (Lipinski definition) is 2. The third-order valence-electron chi connectivity index (χ3n) is 3.77. The number of carbonyl (C=O) groups is 2. The summed E-state index contributed by atoms with van der Waals surface area (Å²) in [5.41, 5.74) is 3.36. The Morgan fingerprint density at radius 2 is 2.10 bits per heavy atom. The van der Waals surface area contributed by atoms with Crippen molar-refractivity contribution in [3.63, 3.8) is 0 Å². The van der Waals surface area contributed by atoms with E-state index in [0.29, 0.717) is 6.42 Å². The molecule has 0 aromatic heterocycles. The first-order chi connectivity index (χ1) is 9.49. The second-order valence-corrected chi connectivity index (χ2v) is 5.64. The van der Waals surface area contributed by atoms with E-state index in [1.807, 2.05) is 30.9 Å². The van der Waals surface area contributed by atoms with E-state index in [1.54, 1.807) is 0 Å². The molecule has 0 aliphatic carbocycles. The first kappa shape index (κ1) is 14.6. The maximum atomic E-state index is 12.4. The molecule has 4 heteroatoms. The Hall–Kier alpha value is -1.84. The molecule has 2 rings (SSSR count). The lowest BCUT2D eigenvalue weighted by Crippen LogP contribution is -2.37. The van der Waals surface area contributed by atoms with Crippen LogP contribution in [-0.4, -0.2) is 23.5 Å². The molecule has 0 bridgehead atoms. The lowest BCUT2D eigenvalue weighted by Gasteiger charge is -2.31. The Balaban J connectivity index is 2.15. The van der Waals surface area contributed by atoms with Gasteiger partial charge in [0.1, 0.15) is 0 Å². The van der Waals surface area contributed by atoms with Gasteiger partial charge in [-0.25, -0.2) is 0 Å². The number of fused-ring (bicyclic) bond motifs is 1. The highest BCUT2D eigenvalue weighted by Crippen LogP contribution is 2.31. The van der Waals surface area contributed by atoms with Crippen LogP contribution in [-0.2, 0) is 16.0 Å². The Labute approximate surface area is 119 Å². The Kier molecular flexibility index (Phi) is 4.42. The van der Waals surface area contributed by atoms with Crippen molar-refractivity contribution in [3.05, 3.63) is 29.3 Å². The Bertz CT molecular complexity index is 524. The van der Waals surface area contributed by atoms with Crippen molar-refractivity contribution in [2.45, 2.75) is 39.5 Å². The molecule has 0 saturated carbocycles. The van der Waals surface area contributed by atoms with Gasteiger partial charge in [-0.3, -0.25) is 9.59 Å². The SMILES string of the molecule is Cc1cccc2c1N(C(=O)CC(C)CC(=O)O)CCC2. The predicted molar refractivity (Wildman–Crippen MR) is 77.9 cm³/mol. The number of carboxylic acids is 1. The summed E-state index contributed by atoms with van der Waals surface area (Å²) in [6.45, 7) is 4.57. The van der Waals surface area contributed by atoms with E-state index in [0.717, 1.165) is 30.6 Å². The second kappa shape index (κ2) is 6.07. The molecule has 1 amide bonds. The standard InChI is InChI=1S/C16H21NO3/c1-11(10-15(19)20)9-14(18)17-8-4-7-13-6-3-5-12(2)16(13)17/h3,5-6,11H,4,7-10H2,1-2H3,(H,19,20). The van der Waals surface area contributed by atoms with Gasteiger partial charge in [-0.05, 0) is 36.8 Å². The van der Waals surface area contributed by atoms with Gasteiger partial charge in [0.2, 0.25) is 5.91 Å². The largest absolute Gasteiger partial charge is 0.481 e. The van der Waals surface area contributed by atoms with Gasteiger partial charge in [0.25, 0.3) is 0 Å². The van der Waals surface area contributed by atoms with Gasteiger partial charge >= 0.3 is 5.97 Å². The van der Waals surface area contributed by atoms with Crippen LogP contribution in [0.15, 0.2) is 18.2 Å². The first-order valence-corrected chi connectivity index (χ1v) is 7.09. The van der Waals surface area contributed by atoms with Crippen LogP contribution >= 0.6 is 0 Å². The number of amides is 1. The van der Waals surface area contributed by atoms with Crippen molar-refractivity contribution in [2.75, 3.05) is 11.4 Å². The zero-order chi connectivity index (χ0) is 14.7. The van der Waals surface area contributed by atoms with E-state index < -0.39 is 5.97 Å². The Morgan fingerprint density at radius 3 is 2.80 bits per heavy atom. The molecule has 1 aromatic rings. The summed E-state index contributed by atoms with van der Waals surface area (Å²) < 4.78 is 0. The van der Waals surface area contributed by atoms with Crippen molar-refractivity contribution < 1.29 is 14.7 Å². The van der Waals surface area contributed by atoms with E-state index in [4.69, 9.17) is 5.11 Å².